The molecule has 10 heteroatoms. The zero-order valence-electron chi connectivity index (χ0n) is 17.7. The molecular formula is C20H27N5O5. The van der Waals surface area contributed by atoms with Crippen LogP contribution in [0.3, 0.4) is 0 Å². The molecule has 4 heterocycles. The predicted octanol–water partition coefficient (Wildman–Crippen LogP) is 1.18. The van der Waals surface area contributed by atoms with Crippen molar-refractivity contribution in [2.45, 2.75) is 52.4 Å². The van der Waals surface area contributed by atoms with Crippen molar-refractivity contribution in [3.63, 3.8) is 0 Å². The van der Waals surface area contributed by atoms with Crippen LogP contribution in [0.15, 0.2) is 10.9 Å². The molecule has 4 rings (SSSR count). The van der Waals surface area contributed by atoms with Crippen molar-refractivity contribution in [3.8, 4) is 0 Å². The predicted molar refractivity (Wildman–Crippen MR) is 107 cm³/mol. The molecule has 1 atom stereocenters. The SMILES string of the molecule is CCc1cc2[nH]c3c(c(=O)n2n1)CN(C[C@@H]1CN(C(=O)OC(C)(C)C)CCO1)C3=O. The Hall–Kier alpha value is -2.88. The molecule has 2 aliphatic rings. The van der Waals surface area contributed by atoms with Crippen LogP contribution in [0.5, 0.6) is 0 Å². The first-order valence-corrected chi connectivity index (χ1v) is 10.2. The van der Waals surface area contributed by atoms with Crippen molar-refractivity contribution in [1.82, 2.24) is 24.4 Å². The van der Waals surface area contributed by atoms with Gasteiger partial charge in [-0.25, -0.2) is 4.79 Å². The van der Waals surface area contributed by atoms with E-state index in [2.05, 4.69) is 10.1 Å². The number of nitrogens with one attached hydrogen (secondary N) is 1. The van der Waals surface area contributed by atoms with Crippen molar-refractivity contribution < 1.29 is 19.1 Å². The number of rotatable bonds is 3. The molecule has 1 fully saturated rings. The van der Waals surface area contributed by atoms with E-state index >= 15 is 0 Å². The molecular weight excluding hydrogens is 390 g/mol. The summed E-state index contributed by atoms with van der Waals surface area (Å²) >= 11 is 0. The molecule has 0 bridgehead atoms. The van der Waals surface area contributed by atoms with Crippen LogP contribution in [0, 0.1) is 0 Å². The number of carbonyl (C=O) groups is 2. The molecule has 1 saturated heterocycles. The molecule has 2 amide bonds. The minimum absolute atomic E-state index is 0.188. The first-order chi connectivity index (χ1) is 14.2. The van der Waals surface area contributed by atoms with Gasteiger partial charge in [0.2, 0.25) is 0 Å². The van der Waals surface area contributed by atoms with Gasteiger partial charge < -0.3 is 24.3 Å². The van der Waals surface area contributed by atoms with Crippen molar-refractivity contribution >= 4 is 17.6 Å². The summed E-state index contributed by atoms with van der Waals surface area (Å²) in [6, 6.07) is 1.78. The Labute approximate surface area is 173 Å². The minimum Gasteiger partial charge on any atom is -0.444 e. The average molecular weight is 417 g/mol. The van der Waals surface area contributed by atoms with Crippen LogP contribution in [0.4, 0.5) is 4.79 Å². The van der Waals surface area contributed by atoms with E-state index in [1.165, 1.54) is 4.52 Å². The van der Waals surface area contributed by atoms with Gasteiger partial charge in [-0.15, -0.1) is 0 Å². The van der Waals surface area contributed by atoms with Crippen LogP contribution in [0.2, 0.25) is 0 Å². The van der Waals surface area contributed by atoms with Gasteiger partial charge in [0.25, 0.3) is 11.5 Å². The standard InChI is InChI=1S/C20H27N5O5/c1-5-12-8-15-21-16-14(17(26)25(15)22-12)11-24(18(16)27)10-13-9-23(6-7-29-13)19(28)30-20(2,3)4/h8,13,21H,5-7,9-11H2,1-4H3/t13-/m0/s1. The summed E-state index contributed by atoms with van der Waals surface area (Å²) < 4.78 is 12.5. The molecule has 1 N–H and O–H groups in total. The fourth-order valence-electron chi connectivity index (χ4n) is 3.75. The highest BCUT2D eigenvalue weighted by Gasteiger charge is 2.35. The summed E-state index contributed by atoms with van der Waals surface area (Å²) in [5.74, 6) is -0.248. The minimum atomic E-state index is -0.576. The molecule has 30 heavy (non-hydrogen) atoms. The number of ether oxygens (including phenoxy) is 2. The highest BCUT2D eigenvalue weighted by Crippen LogP contribution is 2.21. The summed E-state index contributed by atoms with van der Waals surface area (Å²) in [6.45, 7) is 9.01. The fraction of sp³-hybridized carbons (Fsp3) is 0.600. The number of hydrogen-bond acceptors (Lipinski definition) is 6. The Morgan fingerprint density at radius 1 is 1.37 bits per heavy atom. The maximum atomic E-state index is 12.9. The van der Waals surface area contributed by atoms with E-state index in [0.717, 1.165) is 5.69 Å². The van der Waals surface area contributed by atoms with E-state index in [1.807, 2.05) is 27.7 Å². The Bertz CT molecular complexity index is 1050. The van der Waals surface area contributed by atoms with E-state index in [4.69, 9.17) is 9.47 Å². The summed E-state index contributed by atoms with van der Waals surface area (Å²) in [7, 11) is 0. The van der Waals surface area contributed by atoms with Crippen LogP contribution in [-0.4, -0.2) is 74.3 Å². The van der Waals surface area contributed by atoms with Gasteiger partial charge in [-0.2, -0.15) is 9.61 Å². The zero-order valence-corrected chi connectivity index (χ0v) is 17.7. The number of aryl methyl sites for hydroxylation is 1. The second-order valence-electron chi connectivity index (χ2n) is 8.67. The molecule has 2 aromatic rings. The molecule has 162 valence electrons. The van der Waals surface area contributed by atoms with E-state index in [1.54, 1.807) is 15.9 Å². The number of amides is 2. The Morgan fingerprint density at radius 3 is 2.83 bits per heavy atom. The maximum Gasteiger partial charge on any atom is 0.410 e. The number of hydrogen-bond donors (Lipinski definition) is 1. The normalized spacial score (nSPS) is 19.5. The molecule has 0 aromatic carbocycles. The summed E-state index contributed by atoms with van der Waals surface area (Å²) in [4.78, 5) is 44.3. The van der Waals surface area contributed by atoms with Gasteiger partial charge in [0.05, 0.1) is 37.1 Å². The van der Waals surface area contributed by atoms with E-state index < -0.39 is 11.7 Å². The van der Waals surface area contributed by atoms with Crippen molar-refractivity contribution in [3.05, 3.63) is 33.4 Å². The molecule has 0 unspecified atom stereocenters. The molecule has 10 nitrogen and oxygen atoms in total. The Kier molecular flexibility index (Phi) is 5.05. The first-order valence-electron chi connectivity index (χ1n) is 10.2. The lowest BCUT2D eigenvalue weighted by Crippen LogP contribution is -2.50. The number of carbonyl (C=O) groups excluding carboxylic acids is 2. The van der Waals surface area contributed by atoms with E-state index in [9.17, 15) is 14.4 Å². The molecule has 0 radical (unpaired) electrons. The third-order valence-electron chi connectivity index (χ3n) is 5.19. The topological polar surface area (TPSA) is 109 Å². The number of H-pyrrole nitrogens is 1. The van der Waals surface area contributed by atoms with Gasteiger partial charge in [0.15, 0.2) is 0 Å². The third kappa shape index (κ3) is 3.79. The lowest BCUT2D eigenvalue weighted by Gasteiger charge is -2.35. The van der Waals surface area contributed by atoms with E-state index in [-0.39, 0.29) is 30.7 Å². The number of aromatic nitrogens is 3. The van der Waals surface area contributed by atoms with Crippen molar-refractivity contribution in [1.29, 1.82) is 0 Å². The Balaban J connectivity index is 1.48. The van der Waals surface area contributed by atoms with Crippen molar-refractivity contribution in [2.24, 2.45) is 0 Å². The van der Waals surface area contributed by atoms with Crippen LogP contribution < -0.4 is 5.56 Å². The van der Waals surface area contributed by atoms with Gasteiger partial charge >= 0.3 is 6.09 Å². The van der Waals surface area contributed by atoms with Crippen LogP contribution in [0.1, 0.15) is 49.4 Å². The molecule has 0 saturated carbocycles. The average Bonchev–Trinajstić information content (AvgIpc) is 3.23. The van der Waals surface area contributed by atoms with Crippen LogP contribution in [0.25, 0.3) is 5.65 Å². The molecule has 0 spiro atoms. The molecule has 2 aromatic heterocycles. The zero-order chi connectivity index (χ0) is 21.6. The van der Waals surface area contributed by atoms with Gasteiger partial charge in [-0.3, -0.25) is 9.59 Å². The maximum absolute atomic E-state index is 12.9. The highest BCUT2D eigenvalue weighted by atomic mass is 16.6. The quantitative estimate of drug-likeness (QED) is 0.803. The van der Waals surface area contributed by atoms with Crippen LogP contribution >= 0.6 is 0 Å². The molecule has 0 aliphatic carbocycles. The summed E-state index contributed by atoms with van der Waals surface area (Å²) in [5.41, 5.74) is 1.14. The lowest BCUT2D eigenvalue weighted by molar-refractivity contribution is -0.0498. The number of morpholine rings is 1. The number of fused-ring (bicyclic) bond motifs is 2. The second kappa shape index (κ2) is 7.42. The molecule has 2 aliphatic heterocycles. The number of aromatic amines is 1. The Morgan fingerprint density at radius 2 is 2.13 bits per heavy atom. The second-order valence-corrected chi connectivity index (χ2v) is 8.67. The largest absolute Gasteiger partial charge is 0.444 e. The highest BCUT2D eigenvalue weighted by molar-refractivity contribution is 5.96. The van der Waals surface area contributed by atoms with Crippen LogP contribution in [-0.2, 0) is 22.4 Å². The fourth-order valence-corrected chi connectivity index (χ4v) is 3.75. The monoisotopic (exact) mass is 417 g/mol. The summed E-state index contributed by atoms with van der Waals surface area (Å²) in [5, 5.41) is 4.29. The van der Waals surface area contributed by atoms with E-state index in [0.29, 0.717) is 43.0 Å². The van der Waals surface area contributed by atoms with Gasteiger partial charge in [-0.05, 0) is 27.2 Å². The van der Waals surface area contributed by atoms with Gasteiger partial charge in [0.1, 0.15) is 16.9 Å². The smallest absolute Gasteiger partial charge is 0.410 e. The third-order valence-corrected chi connectivity index (χ3v) is 5.19. The van der Waals surface area contributed by atoms with Gasteiger partial charge in [0, 0.05) is 19.2 Å². The summed E-state index contributed by atoms with van der Waals surface area (Å²) in [6.07, 6.45) is -0.0438. The van der Waals surface area contributed by atoms with Gasteiger partial charge in [-0.1, -0.05) is 6.92 Å². The van der Waals surface area contributed by atoms with Crippen molar-refractivity contribution in [2.75, 3.05) is 26.2 Å². The number of nitrogens with zero attached hydrogens (tertiary/aromatic N) is 4. The first kappa shape index (κ1) is 20.4. The lowest BCUT2D eigenvalue weighted by atomic mass is 10.2.